The molecule has 0 saturated heterocycles. The second-order valence-corrected chi connectivity index (χ2v) is 6.92. The fourth-order valence-corrected chi connectivity index (χ4v) is 3.76. The largest absolute Gasteiger partial charge is 0.478 e. The minimum absolute atomic E-state index is 0.310. The molecular formula is C17H22N2O2. The molecule has 0 radical (unpaired) electrons. The van der Waals surface area contributed by atoms with Crippen molar-refractivity contribution in [2.75, 3.05) is 0 Å². The van der Waals surface area contributed by atoms with Gasteiger partial charge < -0.3 is 9.67 Å². The molecular weight excluding hydrogens is 264 g/mol. The van der Waals surface area contributed by atoms with Crippen LogP contribution in [-0.2, 0) is 0 Å². The smallest absolute Gasteiger partial charge is 0.337 e. The van der Waals surface area contributed by atoms with Gasteiger partial charge in [-0.05, 0) is 43.7 Å². The number of carboxylic acid groups (broad SMARTS) is 1. The van der Waals surface area contributed by atoms with Crippen LogP contribution in [0.15, 0.2) is 18.2 Å². The molecule has 21 heavy (non-hydrogen) atoms. The van der Waals surface area contributed by atoms with Crippen LogP contribution in [0.5, 0.6) is 0 Å². The fourth-order valence-electron chi connectivity index (χ4n) is 3.76. The molecule has 0 aliphatic heterocycles. The lowest BCUT2D eigenvalue weighted by atomic mass is 9.75. The van der Waals surface area contributed by atoms with Gasteiger partial charge in [0.15, 0.2) is 0 Å². The Bertz CT molecular complexity index is 700. The molecule has 1 saturated carbocycles. The number of benzene rings is 1. The number of para-hydroxylation sites is 1. The average Bonchev–Trinajstić information content (AvgIpc) is 2.72. The highest BCUT2D eigenvalue weighted by molar-refractivity contribution is 6.01. The molecule has 4 nitrogen and oxygen atoms in total. The minimum Gasteiger partial charge on any atom is -0.478 e. The molecule has 1 aliphatic rings. The predicted octanol–water partition coefficient (Wildman–Crippen LogP) is 4.18. The molecule has 0 spiro atoms. The highest BCUT2D eigenvalue weighted by Crippen LogP contribution is 2.42. The zero-order chi connectivity index (χ0) is 15.2. The Morgan fingerprint density at radius 3 is 2.86 bits per heavy atom. The van der Waals surface area contributed by atoms with Crippen molar-refractivity contribution in [3.8, 4) is 0 Å². The SMILES string of the molecule is Cc1nc2cccc(C(=O)O)c2n1C1CCCC(C)(C)C1. The molecule has 4 heteroatoms. The van der Waals surface area contributed by atoms with E-state index in [-0.39, 0.29) is 0 Å². The van der Waals surface area contributed by atoms with Crippen molar-refractivity contribution in [3.63, 3.8) is 0 Å². The Kier molecular flexibility index (Phi) is 3.27. The summed E-state index contributed by atoms with van der Waals surface area (Å²) in [7, 11) is 0. The summed E-state index contributed by atoms with van der Waals surface area (Å²) in [6, 6.07) is 5.70. The molecule has 1 atom stereocenters. The molecule has 3 rings (SSSR count). The van der Waals surface area contributed by atoms with Crippen LogP contribution in [0, 0.1) is 12.3 Å². The number of hydrogen-bond acceptors (Lipinski definition) is 2. The van der Waals surface area contributed by atoms with Gasteiger partial charge >= 0.3 is 5.97 Å². The maximum atomic E-state index is 11.5. The van der Waals surface area contributed by atoms with Crippen molar-refractivity contribution < 1.29 is 9.90 Å². The zero-order valence-electron chi connectivity index (χ0n) is 12.9. The topological polar surface area (TPSA) is 55.1 Å². The lowest BCUT2D eigenvalue weighted by Crippen LogP contribution is -2.25. The van der Waals surface area contributed by atoms with Gasteiger partial charge in [0.05, 0.1) is 16.6 Å². The third-order valence-electron chi connectivity index (χ3n) is 4.66. The van der Waals surface area contributed by atoms with E-state index >= 15 is 0 Å². The summed E-state index contributed by atoms with van der Waals surface area (Å²) >= 11 is 0. The molecule has 0 amide bonds. The first-order valence-corrected chi connectivity index (χ1v) is 7.60. The first-order chi connectivity index (χ1) is 9.89. The van der Waals surface area contributed by atoms with Crippen LogP contribution in [0.4, 0.5) is 0 Å². The number of aromatic carboxylic acids is 1. The van der Waals surface area contributed by atoms with Gasteiger partial charge in [-0.25, -0.2) is 9.78 Å². The van der Waals surface area contributed by atoms with Gasteiger partial charge in [0, 0.05) is 6.04 Å². The first-order valence-electron chi connectivity index (χ1n) is 7.60. The normalized spacial score (nSPS) is 21.6. The molecule has 1 N–H and O–H groups in total. The highest BCUT2D eigenvalue weighted by atomic mass is 16.4. The van der Waals surface area contributed by atoms with Gasteiger partial charge in [-0.1, -0.05) is 26.3 Å². The molecule has 1 aromatic carbocycles. The second-order valence-electron chi connectivity index (χ2n) is 6.92. The van der Waals surface area contributed by atoms with Gasteiger partial charge in [0.2, 0.25) is 0 Å². The Labute approximate surface area is 124 Å². The molecule has 1 fully saturated rings. The van der Waals surface area contributed by atoms with E-state index in [9.17, 15) is 9.90 Å². The standard InChI is InChI=1S/C17H22N2O2/c1-11-18-14-8-4-7-13(16(20)21)15(14)19(11)12-6-5-9-17(2,3)10-12/h4,7-8,12H,5-6,9-10H2,1-3H3,(H,20,21). The van der Waals surface area contributed by atoms with Crippen LogP contribution in [-0.4, -0.2) is 20.6 Å². The minimum atomic E-state index is -0.878. The summed E-state index contributed by atoms with van der Waals surface area (Å²) in [5.74, 6) is 0.0400. The van der Waals surface area contributed by atoms with Crippen LogP contribution in [0.3, 0.4) is 0 Å². The van der Waals surface area contributed by atoms with E-state index in [1.54, 1.807) is 12.1 Å². The Hall–Kier alpha value is -1.84. The number of aryl methyl sites for hydroxylation is 1. The van der Waals surface area contributed by atoms with Gasteiger partial charge in [0.1, 0.15) is 5.82 Å². The summed E-state index contributed by atoms with van der Waals surface area (Å²) in [5, 5.41) is 9.48. The van der Waals surface area contributed by atoms with Crippen LogP contribution >= 0.6 is 0 Å². The number of carboxylic acids is 1. The Morgan fingerprint density at radius 2 is 2.19 bits per heavy atom. The van der Waals surface area contributed by atoms with E-state index < -0.39 is 5.97 Å². The predicted molar refractivity (Wildman–Crippen MR) is 82.7 cm³/mol. The van der Waals surface area contributed by atoms with Gasteiger partial charge in [-0.2, -0.15) is 0 Å². The van der Waals surface area contributed by atoms with E-state index in [0.717, 1.165) is 29.7 Å². The molecule has 112 valence electrons. The second kappa shape index (κ2) is 4.86. The van der Waals surface area contributed by atoms with E-state index in [1.165, 1.54) is 12.8 Å². The van der Waals surface area contributed by atoms with Crippen LogP contribution in [0.1, 0.15) is 61.8 Å². The van der Waals surface area contributed by atoms with Crippen LogP contribution < -0.4 is 0 Å². The molecule has 1 heterocycles. The Morgan fingerprint density at radius 1 is 1.43 bits per heavy atom. The number of fused-ring (bicyclic) bond motifs is 1. The summed E-state index contributed by atoms with van der Waals surface area (Å²) in [5.41, 5.74) is 2.24. The van der Waals surface area contributed by atoms with Crippen molar-refractivity contribution in [3.05, 3.63) is 29.6 Å². The molecule has 2 aromatic rings. The summed E-state index contributed by atoms with van der Waals surface area (Å²) in [6.07, 6.45) is 4.60. The first kappa shape index (κ1) is 14.1. The van der Waals surface area contributed by atoms with Crippen LogP contribution in [0.25, 0.3) is 11.0 Å². The van der Waals surface area contributed by atoms with Gasteiger partial charge in [-0.15, -0.1) is 0 Å². The molecule has 1 aliphatic carbocycles. The van der Waals surface area contributed by atoms with Crippen molar-refractivity contribution in [2.24, 2.45) is 5.41 Å². The van der Waals surface area contributed by atoms with Crippen molar-refractivity contribution in [2.45, 2.75) is 52.5 Å². The van der Waals surface area contributed by atoms with E-state index in [2.05, 4.69) is 23.4 Å². The summed E-state index contributed by atoms with van der Waals surface area (Å²) in [4.78, 5) is 16.1. The lowest BCUT2D eigenvalue weighted by molar-refractivity contribution is 0.0698. The van der Waals surface area contributed by atoms with E-state index in [0.29, 0.717) is 17.0 Å². The quantitative estimate of drug-likeness (QED) is 0.900. The van der Waals surface area contributed by atoms with E-state index in [4.69, 9.17) is 0 Å². The number of carbonyl (C=O) groups is 1. The monoisotopic (exact) mass is 286 g/mol. The summed E-state index contributed by atoms with van der Waals surface area (Å²) in [6.45, 7) is 6.57. The molecule has 1 aromatic heterocycles. The number of hydrogen-bond donors (Lipinski definition) is 1. The third kappa shape index (κ3) is 2.43. The number of aromatic nitrogens is 2. The van der Waals surface area contributed by atoms with Crippen molar-refractivity contribution in [1.82, 2.24) is 9.55 Å². The summed E-state index contributed by atoms with van der Waals surface area (Å²) < 4.78 is 2.17. The lowest BCUT2D eigenvalue weighted by Gasteiger charge is -2.36. The number of rotatable bonds is 2. The van der Waals surface area contributed by atoms with Crippen molar-refractivity contribution in [1.29, 1.82) is 0 Å². The zero-order valence-corrected chi connectivity index (χ0v) is 12.9. The van der Waals surface area contributed by atoms with E-state index in [1.807, 2.05) is 13.0 Å². The van der Waals surface area contributed by atoms with Gasteiger partial charge in [-0.3, -0.25) is 0 Å². The third-order valence-corrected chi connectivity index (χ3v) is 4.66. The average molecular weight is 286 g/mol. The van der Waals surface area contributed by atoms with Gasteiger partial charge in [0.25, 0.3) is 0 Å². The van der Waals surface area contributed by atoms with Crippen LogP contribution in [0.2, 0.25) is 0 Å². The highest BCUT2D eigenvalue weighted by Gasteiger charge is 2.31. The fraction of sp³-hybridized carbons (Fsp3) is 0.529. The molecule has 0 bridgehead atoms. The van der Waals surface area contributed by atoms with Crippen molar-refractivity contribution >= 4 is 17.0 Å². The number of imidazole rings is 1. The Balaban J connectivity index is 2.18. The molecule has 1 unspecified atom stereocenters. The maximum Gasteiger partial charge on any atom is 0.337 e. The maximum absolute atomic E-state index is 11.5. The number of nitrogens with zero attached hydrogens (tertiary/aromatic N) is 2.